The zero-order chi connectivity index (χ0) is 23.8. The number of aromatic hydroxyl groups is 1. The number of carbonyl (C=O) groups excluding carboxylic acids is 1. The molecule has 0 fully saturated rings. The molecular weight excluding hydrogens is 431 g/mol. The fourth-order valence-electron chi connectivity index (χ4n) is 4.56. The molecule has 5 nitrogen and oxygen atoms in total. The highest BCUT2D eigenvalue weighted by atomic mass is 19.4. The molecule has 1 aromatic carbocycles. The van der Waals surface area contributed by atoms with Crippen LogP contribution in [0.3, 0.4) is 0 Å². The standard InChI is InChI=1S/C25H34F3N3O2/c1-2-3-4-5-6-7-8-9-10-11-15-30-16-14-19-17-20(12-13-22(19)30)31-23(33)21(18-32)29-24(31)25(26,27)28/h12-13,17-18,33H,2-11,14-16H2,1H3. The van der Waals surface area contributed by atoms with E-state index in [1.807, 2.05) is 0 Å². The Morgan fingerprint density at radius 1 is 1.03 bits per heavy atom. The van der Waals surface area contributed by atoms with Crippen molar-refractivity contribution in [2.75, 3.05) is 18.0 Å². The number of hydrogen-bond donors (Lipinski definition) is 1. The molecule has 2 aromatic rings. The molecule has 0 unspecified atom stereocenters. The first-order valence-electron chi connectivity index (χ1n) is 12.1. The molecule has 3 rings (SSSR count). The summed E-state index contributed by atoms with van der Waals surface area (Å²) in [6.45, 7) is 4.00. The third kappa shape index (κ3) is 6.30. The van der Waals surface area contributed by atoms with Gasteiger partial charge in [-0.15, -0.1) is 0 Å². The van der Waals surface area contributed by atoms with E-state index in [0.29, 0.717) is 4.57 Å². The number of nitrogens with zero attached hydrogens (tertiary/aromatic N) is 3. The summed E-state index contributed by atoms with van der Waals surface area (Å²) in [5.41, 5.74) is 1.50. The summed E-state index contributed by atoms with van der Waals surface area (Å²) in [5.74, 6) is -2.10. The number of carbonyl (C=O) groups is 1. The molecule has 8 heteroatoms. The Morgan fingerprint density at radius 3 is 2.27 bits per heavy atom. The summed E-state index contributed by atoms with van der Waals surface area (Å²) < 4.78 is 40.8. The summed E-state index contributed by atoms with van der Waals surface area (Å²) in [6, 6.07) is 4.99. The normalized spacial score (nSPS) is 13.5. The van der Waals surface area contributed by atoms with Crippen molar-refractivity contribution in [1.82, 2.24) is 9.55 Å². The zero-order valence-electron chi connectivity index (χ0n) is 19.3. The molecule has 33 heavy (non-hydrogen) atoms. The Hall–Kier alpha value is -2.51. The highest BCUT2D eigenvalue weighted by Crippen LogP contribution is 2.37. The highest BCUT2D eigenvalue weighted by Gasteiger charge is 2.39. The Balaban J connectivity index is 1.55. The number of alkyl halides is 3. The predicted octanol–water partition coefficient (Wildman–Crippen LogP) is 6.69. The molecule has 0 spiro atoms. The minimum absolute atomic E-state index is 0.128. The third-order valence-electron chi connectivity index (χ3n) is 6.34. The minimum atomic E-state index is -4.79. The Bertz CT molecular complexity index is 924. The number of unbranched alkanes of at least 4 members (excludes halogenated alkanes) is 9. The second-order valence-corrected chi connectivity index (χ2v) is 8.83. The fourth-order valence-corrected chi connectivity index (χ4v) is 4.56. The average molecular weight is 466 g/mol. The van der Waals surface area contributed by atoms with Crippen molar-refractivity contribution in [2.45, 2.75) is 83.7 Å². The van der Waals surface area contributed by atoms with Gasteiger partial charge in [0.2, 0.25) is 11.7 Å². The molecule has 1 aliphatic heterocycles. The number of aldehydes is 1. The molecule has 1 N–H and O–H groups in total. The van der Waals surface area contributed by atoms with Crippen LogP contribution in [0.15, 0.2) is 18.2 Å². The van der Waals surface area contributed by atoms with Crippen LogP contribution >= 0.6 is 0 Å². The molecule has 0 saturated carbocycles. The number of hydrogen-bond acceptors (Lipinski definition) is 4. The quantitative estimate of drug-likeness (QED) is 0.264. The molecule has 0 bridgehead atoms. The highest BCUT2D eigenvalue weighted by molar-refractivity contribution is 5.76. The number of rotatable bonds is 13. The van der Waals surface area contributed by atoms with Crippen LogP contribution in [-0.2, 0) is 12.6 Å². The van der Waals surface area contributed by atoms with Crippen molar-refractivity contribution in [1.29, 1.82) is 0 Å². The van der Waals surface area contributed by atoms with Crippen LogP contribution in [0.4, 0.5) is 18.9 Å². The van der Waals surface area contributed by atoms with E-state index in [2.05, 4.69) is 16.8 Å². The van der Waals surface area contributed by atoms with Gasteiger partial charge in [0, 0.05) is 18.8 Å². The van der Waals surface area contributed by atoms with Crippen molar-refractivity contribution < 1.29 is 23.1 Å². The zero-order valence-corrected chi connectivity index (χ0v) is 19.3. The second kappa shape index (κ2) is 11.6. The van der Waals surface area contributed by atoms with Crippen LogP contribution in [0.5, 0.6) is 5.88 Å². The number of benzene rings is 1. The Kier molecular flexibility index (Phi) is 8.80. The van der Waals surface area contributed by atoms with Gasteiger partial charge >= 0.3 is 6.18 Å². The summed E-state index contributed by atoms with van der Waals surface area (Å²) in [6.07, 6.45) is 8.84. The summed E-state index contributed by atoms with van der Waals surface area (Å²) >= 11 is 0. The van der Waals surface area contributed by atoms with Crippen molar-refractivity contribution in [2.24, 2.45) is 0 Å². The van der Waals surface area contributed by atoms with Crippen LogP contribution in [0.25, 0.3) is 5.69 Å². The first-order chi connectivity index (χ1) is 15.9. The van der Waals surface area contributed by atoms with Gasteiger partial charge < -0.3 is 10.0 Å². The number of imidazole rings is 1. The smallest absolute Gasteiger partial charge is 0.450 e. The maximum Gasteiger partial charge on any atom is 0.450 e. The minimum Gasteiger partial charge on any atom is -0.493 e. The van der Waals surface area contributed by atoms with Crippen LogP contribution in [-0.4, -0.2) is 34.0 Å². The number of aromatic nitrogens is 2. The predicted molar refractivity (Wildman–Crippen MR) is 123 cm³/mol. The molecule has 0 amide bonds. The van der Waals surface area contributed by atoms with Crippen LogP contribution in [0, 0.1) is 0 Å². The lowest BCUT2D eigenvalue weighted by molar-refractivity contribution is -0.146. The molecule has 0 aliphatic carbocycles. The molecular formula is C25H34F3N3O2. The largest absolute Gasteiger partial charge is 0.493 e. The molecule has 182 valence electrons. The monoisotopic (exact) mass is 465 g/mol. The number of halogens is 3. The molecule has 0 atom stereocenters. The van der Waals surface area contributed by atoms with Crippen molar-refractivity contribution in [3.8, 4) is 11.6 Å². The summed E-state index contributed by atoms with van der Waals surface area (Å²) in [7, 11) is 0. The van der Waals surface area contributed by atoms with E-state index in [9.17, 15) is 23.1 Å². The number of anilines is 1. The first kappa shape index (κ1) is 25.1. The van der Waals surface area contributed by atoms with Gasteiger partial charge in [-0.3, -0.25) is 9.36 Å². The van der Waals surface area contributed by atoms with Crippen LogP contribution < -0.4 is 4.90 Å². The summed E-state index contributed by atoms with van der Waals surface area (Å²) in [4.78, 5) is 16.6. The van der Waals surface area contributed by atoms with Crippen molar-refractivity contribution >= 4 is 12.0 Å². The third-order valence-corrected chi connectivity index (χ3v) is 6.34. The maximum atomic E-state index is 13.4. The lowest BCUT2D eigenvalue weighted by Gasteiger charge is -2.20. The van der Waals surface area contributed by atoms with Crippen molar-refractivity contribution in [3.05, 3.63) is 35.3 Å². The van der Waals surface area contributed by atoms with Gasteiger partial charge in [0.15, 0.2) is 12.0 Å². The van der Waals surface area contributed by atoms with Gasteiger partial charge in [0.25, 0.3) is 0 Å². The molecule has 0 radical (unpaired) electrons. The second-order valence-electron chi connectivity index (χ2n) is 8.83. The van der Waals surface area contributed by atoms with Gasteiger partial charge in [-0.05, 0) is 36.6 Å². The van der Waals surface area contributed by atoms with Gasteiger partial charge in [-0.25, -0.2) is 4.98 Å². The molecule has 1 aromatic heterocycles. The number of fused-ring (bicyclic) bond motifs is 1. The topological polar surface area (TPSA) is 58.4 Å². The van der Waals surface area contributed by atoms with E-state index in [1.165, 1.54) is 57.8 Å². The van der Waals surface area contributed by atoms with Gasteiger partial charge in [-0.2, -0.15) is 13.2 Å². The fraction of sp³-hybridized carbons (Fsp3) is 0.600. The summed E-state index contributed by atoms with van der Waals surface area (Å²) in [5, 5.41) is 10.1. The van der Waals surface area contributed by atoms with E-state index < -0.39 is 23.6 Å². The van der Waals surface area contributed by atoms with E-state index in [0.717, 1.165) is 37.2 Å². The van der Waals surface area contributed by atoms with Gasteiger partial charge in [0.1, 0.15) is 0 Å². The molecule has 1 aliphatic rings. The first-order valence-corrected chi connectivity index (χ1v) is 12.1. The van der Waals surface area contributed by atoms with E-state index in [1.54, 1.807) is 18.2 Å². The van der Waals surface area contributed by atoms with Gasteiger partial charge in [0.05, 0.1) is 5.69 Å². The van der Waals surface area contributed by atoms with Crippen LogP contribution in [0.2, 0.25) is 0 Å². The van der Waals surface area contributed by atoms with E-state index in [4.69, 9.17) is 0 Å². The SMILES string of the molecule is CCCCCCCCCCCCN1CCc2cc(-n3c(C(F)(F)F)nc(C=O)c3O)ccc21. The Labute approximate surface area is 193 Å². The molecule has 0 saturated heterocycles. The van der Waals surface area contributed by atoms with Crippen molar-refractivity contribution in [3.63, 3.8) is 0 Å². The van der Waals surface area contributed by atoms with Crippen LogP contribution in [0.1, 0.15) is 93.0 Å². The molecule has 2 heterocycles. The van der Waals surface area contributed by atoms with E-state index >= 15 is 0 Å². The average Bonchev–Trinajstić information content (AvgIpc) is 3.35. The van der Waals surface area contributed by atoms with Gasteiger partial charge in [-0.1, -0.05) is 64.7 Å². The van der Waals surface area contributed by atoms with E-state index in [-0.39, 0.29) is 12.0 Å². The lowest BCUT2D eigenvalue weighted by Crippen LogP contribution is -2.21. The lowest BCUT2D eigenvalue weighted by atomic mass is 10.1. The maximum absolute atomic E-state index is 13.4. The Morgan fingerprint density at radius 2 is 1.67 bits per heavy atom.